The number of nitrogens with one attached hydrogen (secondary N) is 2. The Bertz CT molecular complexity index is 1380. The van der Waals surface area contributed by atoms with E-state index in [1.165, 1.54) is 71.2 Å². The summed E-state index contributed by atoms with van der Waals surface area (Å²) in [5.74, 6) is -1.63. The molecule has 2 saturated heterocycles. The van der Waals surface area contributed by atoms with Crippen LogP contribution < -0.4 is 20.1 Å². The predicted molar refractivity (Wildman–Crippen MR) is 165 cm³/mol. The lowest BCUT2D eigenvalue weighted by Crippen LogP contribution is -2.27. The molecular formula is C34H40N2O6. The molecule has 0 aliphatic carbocycles. The number of piperidine rings is 2. The number of fused-ring (bicyclic) bond motifs is 2. The van der Waals surface area contributed by atoms with Crippen molar-refractivity contribution in [3.63, 3.8) is 0 Å². The highest BCUT2D eigenvalue weighted by Crippen LogP contribution is 2.35. The van der Waals surface area contributed by atoms with Crippen molar-refractivity contribution in [1.82, 2.24) is 10.6 Å². The predicted octanol–water partition coefficient (Wildman–Crippen LogP) is 6.48. The van der Waals surface area contributed by atoms with Crippen LogP contribution in [0.25, 0.3) is 21.5 Å². The molecule has 0 spiro atoms. The third-order valence-electron chi connectivity index (χ3n) is 7.75. The van der Waals surface area contributed by atoms with Gasteiger partial charge < -0.3 is 30.3 Å². The highest BCUT2D eigenvalue weighted by molar-refractivity contribution is 6.27. The number of benzene rings is 4. The van der Waals surface area contributed by atoms with Crippen LogP contribution in [-0.2, 0) is 9.59 Å². The van der Waals surface area contributed by atoms with Crippen LogP contribution >= 0.6 is 0 Å². The number of rotatable bonds is 4. The van der Waals surface area contributed by atoms with E-state index >= 15 is 0 Å². The zero-order valence-electron chi connectivity index (χ0n) is 24.3. The van der Waals surface area contributed by atoms with Gasteiger partial charge in [-0.3, -0.25) is 0 Å². The number of carbonyl (C=O) groups is 2. The van der Waals surface area contributed by atoms with Crippen molar-refractivity contribution < 1.29 is 29.3 Å². The largest absolute Gasteiger partial charge is 0.496 e. The molecule has 4 aromatic carbocycles. The maximum absolute atomic E-state index is 9.10. The molecule has 2 aliphatic heterocycles. The summed E-state index contributed by atoms with van der Waals surface area (Å²) in [6, 6.07) is 26.7. The van der Waals surface area contributed by atoms with Gasteiger partial charge in [-0.05, 0) is 84.6 Å². The molecule has 42 heavy (non-hydrogen) atoms. The van der Waals surface area contributed by atoms with Gasteiger partial charge in [0, 0.05) is 23.2 Å². The molecule has 222 valence electrons. The zero-order valence-corrected chi connectivity index (χ0v) is 24.3. The Kier molecular flexibility index (Phi) is 11.1. The lowest BCUT2D eigenvalue weighted by Gasteiger charge is -2.25. The number of carboxylic acid groups (broad SMARTS) is 2. The van der Waals surface area contributed by atoms with Gasteiger partial charge in [-0.1, -0.05) is 61.4 Å². The minimum atomic E-state index is -1.82. The first-order chi connectivity index (χ1) is 20.4. The van der Waals surface area contributed by atoms with Gasteiger partial charge in [0.2, 0.25) is 0 Å². The van der Waals surface area contributed by atoms with E-state index in [1.54, 1.807) is 14.2 Å². The van der Waals surface area contributed by atoms with Gasteiger partial charge in [0.15, 0.2) is 0 Å². The van der Waals surface area contributed by atoms with Crippen molar-refractivity contribution in [2.45, 2.75) is 50.6 Å². The normalized spacial score (nSPS) is 18.1. The summed E-state index contributed by atoms with van der Waals surface area (Å²) in [6.45, 7) is 2.22. The monoisotopic (exact) mass is 572 g/mol. The molecule has 2 atom stereocenters. The third kappa shape index (κ3) is 7.99. The first kappa shape index (κ1) is 30.8. The molecule has 4 aromatic rings. The van der Waals surface area contributed by atoms with Crippen LogP contribution in [0.3, 0.4) is 0 Å². The zero-order chi connectivity index (χ0) is 29.9. The quantitative estimate of drug-likeness (QED) is 0.205. The minimum Gasteiger partial charge on any atom is -0.496 e. The summed E-state index contributed by atoms with van der Waals surface area (Å²) in [5.41, 5.74) is 2.60. The maximum Gasteiger partial charge on any atom is 0.414 e. The van der Waals surface area contributed by atoms with Gasteiger partial charge in [-0.25, -0.2) is 9.59 Å². The number of hydrogen-bond donors (Lipinski definition) is 4. The Labute approximate surface area is 246 Å². The molecule has 2 aliphatic rings. The average molecular weight is 573 g/mol. The fourth-order valence-corrected chi connectivity index (χ4v) is 5.61. The SMILES string of the molecule is COc1cc2ccccc2cc1C1CCCCN1.COc1cc2ccccc2cc1C1CCCCN1.O=C(O)C(=O)O. The Morgan fingerprint density at radius 3 is 1.26 bits per heavy atom. The average Bonchev–Trinajstić information content (AvgIpc) is 3.04. The summed E-state index contributed by atoms with van der Waals surface area (Å²) in [7, 11) is 3.52. The van der Waals surface area contributed by atoms with Gasteiger partial charge >= 0.3 is 11.9 Å². The maximum atomic E-state index is 9.10. The van der Waals surface area contributed by atoms with Crippen LogP contribution in [0.2, 0.25) is 0 Å². The molecule has 2 unspecified atom stereocenters. The summed E-state index contributed by atoms with van der Waals surface area (Å²) in [4.78, 5) is 18.2. The molecule has 0 bridgehead atoms. The van der Waals surface area contributed by atoms with Crippen LogP contribution in [0.15, 0.2) is 72.8 Å². The van der Waals surface area contributed by atoms with Crippen LogP contribution in [-0.4, -0.2) is 49.5 Å². The molecule has 0 saturated carbocycles. The summed E-state index contributed by atoms with van der Waals surface area (Å²) < 4.78 is 11.1. The van der Waals surface area contributed by atoms with E-state index in [-0.39, 0.29) is 0 Å². The van der Waals surface area contributed by atoms with Crippen LogP contribution in [0.5, 0.6) is 11.5 Å². The van der Waals surface area contributed by atoms with E-state index in [2.05, 4.69) is 83.4 Å². The number of methoxy groups -OCH3 is 2. The molecule has 8 heteroatoms. The second-order valence-corrected chi connectivity index (χ2v) is 10.5. The number of aliphatic carboxylic acids is 2. The van der Waals surface area contributed by atoms with Crippen molar-refractivity contribution in [3.8, 4) is 11.5 Å². The number of hydrogen-bond acceptors (Lipinski definition) is 6. The first-order valence-electron chi connectivity index (χ1n) is 14.5. The standard InChI is InChI=1S/2C16H19NO.C2H2O4/c2*1-18-16-11-13-7-3-2-6-12(13)10-14(16)15-8-4-5-9-17-15;3-1(4)2(5)6/h2*2-3,6-7,10-11,15,17H,4-5,8-9H2,1H3;(H,3,4)(H,5,6). The van der Waals surface area contributed by atoms with Crippen molar-refractivity contribution in [2.24, 2.45) is 0 Å². The molecule has 8 nitrogen and oxygen atoms in total. The van der Waals surface area contributed by atoms with Crippen LogP contribution in [0.1, 0.15) is 61.7 Å². The van der Waals surface area contributed by atoms with E-state index < -0.39 is 11.9 Å². The van der Waals surface area contributed by atoms with Crippen LogP contribution in [0.4, 0.5) is 0 Å². The number of ether oxygens (including phenoxy) is 2. The Morgan fingerprint density at radius 2 is 0.976 bits per heavy atom. The molecule has 2 heterocycles. The highest BCUT2D eigenvalue weighted by Gasteiger charge is 2.20. The van der Waals surface area contributed by atoms with Gasteiger partial charge in [-0.2, -0.15) is 0 Å². The van der Waals surface area contributed by atoms with E-state index in [0.717, 1.165) is 24.6 Å². The number of carboxylic acids is 2. The molecule has 2 fully saturated rings. The molecule has 4 N–H and O–H groups in total. The van der Waals surface area contributed by atoms with E-state index in [4.69, 9.17) is 29.3 Å². The molecule has 6 rings (SSSR count). The summed E-state index contributed by atoms with van der Waals surface area (Å²) in [6.07, 6.45) is 7.57. The molecular weight excluding hydrogens is 532 g/mol. The van der Waals surface area contributed by atoms with Gasteiger partial charge in [0.1, 0.15) is 11.5 Å². The van der Waals surface area contributed by atoms with Crippen molar-refractivity contribution in [1.29, 1.82) is 0 Å². The smallest absolute Gasteiger partial charge is 0.414 e. The fraction of sp³-hybridized carbons (Fsp3) is 0.353. The Hall–Kier alpha value is -4.14. The second-order valence-electron chi connectivity index (χ2n) is 10.5. The lowest BCUT2D eigenvalue weighted by molar-refractivity contribution is -0.159. The Balaban J connectivity index is 0.000000162. The third-order valence-corrected chi connectivity index (χ3v) is 7.75. The highest BCUT2D eigenvalue weighted by atomic mass is 16.5. The molecule has 0 radical (unpaired) electrons. The van der Waals surface area contributed by atoms with E-state index in [1.807, 2.05) is 0 Å². The fourth-order valence-electron chi connectivity index (χ4n) is 5.61. The van der Waals surface area contributed by atoms with Gasteiger partial charge in [0.25, 0.3) is 0 Å². The second kappa shape index (κ2) is 15.2. The van der Waals surface area contributed by atoms with Gasteiger partial charge in [0.05, 0.1) is 14.2 Å². The molecule has 0 amide bonds. The Morgan fingerprint density at radius 1 is 0.619 bits per heavy atom. The van der Waals surface area contributed by atoms with E-state index in [0.29, 0.717) is 12.1 Å². The van der Waals surface area contributed by atoms with Gasteiger partial charge in [-0.15, -0.1) is 0 Å². The first-order valence-corrected chi connectivity index (χ1v) is 14.5. The van der Waals surface area contributed by atoms with Crippen molar-refractivity contribution in [2.75, 3.05) is 27.3 Å². The minimum absolute atomic E-state index is 0.443. The summed E-state index contributed by atoms with van der Waals surface area (Å²) >= 11 is 0. The van der Waals surface area contributed by atoms with Crippen LogP contribution in [0, 0.1) is 0 Å². The topological polar surface area (TPSA) is 117 Å². The van der Waals surface area contributed by atoms with Crippen molar-refractivity contribution >= 4 is 33.5 Å². The molecule has 0 aromatic heterocycles. The summed E-state index contributed by atoms with van der Waals surface area (Å²) in [5, 5.41) is 27.0. The lowest BCUT2D eigenvalue weighted by atomic mass is 9.94. The van der Waals surface area contributed by atoms with Crippen molar-refractivity contribution in [3.05, 3.63) is 83.9 Å². The van der Waals surface area contributed by atoms with E-state index in [9.17, 15) is 0 Å².